The highest BCUT2D eigenvalue weighted by Gasteiger charge is 2.05. The van der Waals surface area contributed by atoms with Gasteiger partial charge in [-0.3, -0.25) is 0 Å². The number of rotatable bonds is 10. The van der Waals surface area contributed by atoms with Gasteiger partial charge in [-0.1, -0.05) is 30.3 Å². The molecule has 28 heavy (non-hydrogen) atoms. The third-order valence-corrected chi connectivity index (χ3v) is 4.35. The molecule has 0 spiro atoms. The van der Waals surface area contributed by atoms with Crippen molar-refractivity contribution in [1.29, 1.82) is 0 Å². The van der Waals surface area contributed by atoms with Crippen LogP contribution in [0.2, 0.25) is 0 Å². The summed E-state index contributed by atoms with van der Waals surface area (Å²) in [4.78, 5) is 0. The highest BCUT2D eigenvalue weighted by atomic mass is 16.5. The maximum absolute atomic E-state index is 5.91. The summed E-state index contributed by atoms with van der Waals surface area (Å²) in [6.07, 6.45) is 0.941. The van der Waals surface area contributed by atoms with Gasteiger partial charge in [0.25, 0.3) is 0 Å². The van der Waals surface area contributed by atoms with Crippen LogP contribution in [0.15, 0.2) is 78.9 Å². The van der Waals surface area contributed by atoms with Crippen molar-refractivity contribution in [3.63, 3.8) is 0 Å². The lowest BCUT2D eigenvalue weighted by Gasteiger charge is -2.16. The quantitative estimate of drug-likeness (QED) is 0.527. The molecule has 146 valence electrons. The minimum Gasteiger partial charge on any atom is -0.497 e. The van der Waals surface area contributed by atoms with E-state index in [1.54, 1.807) is 7.11 Å². The molecule has 1 unspecified atom stereocenters. The Hall–Kier alpha value is -3.14. The number of benzene rings is 3. The van der Waals surface area contributed by atoms with Crippen molar-refractivity contribution in [3.05, 3.63) is 84.4 Å². The Morgan fingerprint density at radius 2 is 1.43 bits per heavy atom. The number of ether oxygens (including phenoxy) is 3. The van der Waals surface area contributed by atoms with Gasteiger partial charge < -0.3 is 19.5 Å². The molecule has 4 nitrogen and oxygen atoms in total. The van der Waals surface area contributed by atoms with Crippen LogP contribution in [0, 0.1) is 0 Å². The van der Waals surface area contributed by atoms with Crippen LogP contribution in [0.3, 0.4) is 0 Å². The third-order valence-electron chi connectivity index (χ3n) is 4.35. The largest absolute Gasteiger partial charge is 0.497 e. The van der Waals surface area contributed by atoms with Gasteiger partial charge in [-0.2, -0.15) is 0 Å². The molecule has 0 heterocycles. The fourth-order valence-electron chi connectivity index (χ4n) is 2.79. The van der Waals surface area contributed by atoms with Gasteiger partial charge in [0.1, 0.15) is 23.4 Å². The molecule has 1 N–H and O–H groups in total. The molecule has 0 fully saturated rings. The second kappa shape index (κ2) is 10.3. The molecule has 0 saturated heterocycles. The molecule has 0 radical (unpaired) electrons. The van der Waals surface area contributed by atoms with E-state index in [4.69, 9.17) is 14.2 Å². The smallest absolute Gasteiger partial charge is 0.120 e. The summed E-state index contributed by atoms with van der Waals surface area (Å²) in [6, 6.07) is 26.0. The third kappa shape index (κ3) is 6.23. The van der Waals surface area contributed by atoms with Crippen LogP contribution in [0.5, 0.6) is 17.2 Å². The Balaban J connectivity index is 1.39. The molecule has 0 bridgehead atoms. The summed E-state index contributed by atoms with van der Waals surface area (Å²) in [7, 11) is 1.65. The molecule has 3 aromatic rings. The summed E-state index contributed by atoms with van der Waals surface area (Å²) in [5.41, 5.74) is 2.33. The zero-order valence-corrected chi connectivity index (χ0v) is 16.4. The van der Waals surface area contributed by atoms with Crippen molar-refractivity contribution in [2.24, 2.45) is 0 Å². The first-order valence-corrected chi connectivity index (χ1v) is 9.54. The average molecular weight is 377 g/mol. The number of anilines is 1. The zero-order chi connectivity index (χ0) is 19.6. The van der Waals surface area contributed by atoms with Crippen LogP contribution < -0.4 is 19.5 Å². The molecule has 0 aromatic heterocycles. The fraction of sp³-hybridized carbons (Fsp3) is 0.250. The van der Waals surface area contributed by atoms with E-state index in [0.717, 1.165) is 29.4 Å². The molecule has 0 aliphatic carbocycles. The first-order chi connectivity index (χ1) is 13.7. The second-order valence-corrected chi connectivity index (χ2v) is 6.59. The summed E-state index contributed by atoms with van der Waals surface area (Å²) < 4.78 is 16.9. The van der Waals surface area contributed by atoms with Crippen molar-refractivity contribution in [1.82, 2.24) is 0 Å². The van der Waals surface area contributed by atoms with E-state index in [1.807, 2.05) is 61.5 Å². The van der Waals surface area contributed by atoms with Crippen molar-refractivity contribution in [3.8, 4) is 17.2 Å². The molecule has 0 saturated carbocycles. The van der Waals surface area contributed by atoms with E-state index >= 15 is 0 Å². The second-order valence-electron chi connectivity index (χ2n) is 6.59. The minimum atomic E-state index is 0.0372. The molecule has 4 heteroatoms. The Morgan fingerprint density at radius 1 is 0.786 bits per heavy atom. The lowest BCUT2D eigenvalue weighted by atomic mass is 10.2. The van der Waals surface area contributed by atoms with Gasteiger partial charge in [0.15, 0.2) is 0 Å². The van der Waals surface area contributed by atoms with Gasteiger partial charge >= 0.3 is 0 Å². The SMILES string of the molecule is COc1ccc(OC(C)CNc2ccc(OCCc3ccccc3)cc2)cc1. The number of methoxy groups -OCH3 is 1. The summed E-state index contributed by atoms with van der Waals surface area (Å²) in [5.74, 6) is 2.53. The lowest BCUT2D eigenvalue weighted by molar-refractivity contribution is 0.234. The van der Waals surface area contributed by atoms with E-state index in [0.29, 0.717) is 13.2 Å². The summed E-state index contributed by atoms with van der Waals surface area (Å²) in [5, 5.41) is 3.39. The Bertz CT molecular complexity index is 817. The summed E-state index contributed by atoms with van der Waals surface area (Å²) in [6.45, 7) is 3.42. The Labute approximate surface area is 167 Å². The predicted octanol–water partition coefficient (Wildman–Crippen LogP) is 5.20. The van der Waals surface area contributed by atoms with Crippen LogP contribution in [-0.4, -0.2) is 26.4 Å². The van der Waals surface area contributed by atoms with E-state index in [-0.39, 0.29) is 6.10 Å². The van der Waals surface area contributed by atoms with Crippen LogP contribution in [-0.2, 0) is 6.42 Å². The molecule has 0 amide bonds. The van der Waals surface area contributed by atoms with E-state index in [2.05, 4.69) is 29.6 Å². The number of nitrogens with one attached hydrogen (secondary N) is 1. The van der Waals surface area contributed by atoms with Gasteiger partial charge in [-0.05, 0) is 61.0 Å². The van der Waals surface area contributed by atoms with Crippen molar-refractivity contribution >= 4 is 5.69 Å². The topological polar surface area (TPSA) is 39.7 Å². The van der Waals surface area contributed by atoms with Gasteiger partial charge in [0.2, 0.25) is 0 Å². The molecule has 0 aliphatic rings. The molecule has 0 aliphatic heterocycles. The first kappa shape index (κ1) is 19.6. The molecule has 1 atom stereocenters. The normalized spacial score (nSPS) is 11.5. The van der Waals surface area contributed by atoms with E-state index in [1.165, 1.54) is 5.56 Å². The van der Waals surface area contributed by atoms with Gasteiger partial charge in [-0.25, -0.2) is 0 Å². The van der Waals surface area contributed by atoms with Crippen LogP contribution in [0.25, 0.3) is 0 Å². The van der Waals surface area contributed by atoms with Gasteiger partial charge in [0, 0.05) is 12.1 Å². The van der Waals surface area contributed by atoms with Crippen LogP contribution in [0.1, 0.15) is 12.5 Å². The van der Waals surface area contributed by atoms with Gasteiger partial charge in [-0.15, -0.1) is 0 Å². The van der Waals surface area contributed by atoms with Crippen molar-refractivity contribution in [2.45, 2.75) is 19.4 Å². The minimum absolute atomic E-state index is 0.0372. The molecule has 3 aromatic carbocycles. The number of hydrogen-bond acceptors (Lipinski definition) is 4. The highest BCUT2D eigenvalue weighted by molar-refractivity contribution is 5.46. The highest BCUT2D eigenvalue weighted by Crippen LogP contribution is 2.19. The predicted molar refractivity (Wildman–Crippen MR) is 114 cm³/mol. The average Bonchev–Trinajstić information content (AvgIpc) is 2.74. The van der Waals surface area contributed by atoms with Crippen molar-refractivity contribution in [2.75, 3.05) is 25.6 Å². The molecular formula is C24H27NO3. The van der Waals surface area contributed by atoms with E-state index < -0.39 is 0 Å². The molecular weight excluding hydrogens is 350 g/mol. The van der Waals surface area contributed by atoms with Crippen LogP contribution >= 0.6 is 0 Å². The first-order valence-electron chi connectivity index (χ1n) is 9.54. The molecule has 3 rings (SSSR count). The fourth-order valence-corrected chi connectivity index (χ4v) is 2.79. The Morgan fingerprint density at radius 3 is 2.11 bits per heavy atom. The zero-order valence-electron chi connectivity index (χ0n) is 16.4. The van der Waals surface area contributed by atoms with Crippen molar-refractivity contribution < 1.29 is 14.2 Å². The van der Waals surface area contributed by atoms with Crippen LogP contribution in [0.4, 0.5) is 5.69 Å². The summed E-state index contributed by atoms with van der Waals surface area (Å²) >= 11 is 0. The number of hydrogen-bond donors (Lipinski definition) is 1. The van der Waals surface area contributed by atoms with E-state index in [9.17, 15) is 0 Å². The van der Waals surface area contributed by atoms with Gasteiger partial charge in [0.05, 0.1) is 20.3 Å². The standard InChI is InChI=1S/C24H27NO3/c1-19(28-24-14-12-22(26-2)13-15-24)18-25-21-8-10-23(11-9-21)27-17-16-20-6-4-3-5-7-20/h3-15,19,25H,16-18H2,1-2H3. The monoisotopic (exact) mass is 377 g/mol. The Kier molecular flexibility index (Phi) is 7.19. The maximum Gasteiger partial charge on any atom is 0.120 e. The lowest BCUT2D eigenvalue weighted by Crippen LogP contribution is -2.22. The maximum atomic E-state index is 5.91.